The van der Waals surface area contributed by atoms with Crippen molar-refractivity contribution in [3.8, 4) is 0 Å². The number of rotatable bonds is 7. The van der Waals surface area contributed by atoms with Crippen molar-refractivity contribution in [1.82, 2.24) is 0 Å². The lowest BCUT2D eigenvalue weighted by Gasteiger charge is -2.37. The number of fused-ring (bicyclic) bond motifs is 1. The largest absolute Gasteiger partial charge is 0.414 e. The van der Waals surface area contributed by atoms with Gasteiger partial charge in [0.05, 0.1) is 13.2 Å². The van der Waals surface area contributed by atoms with Gasteiger partial charge in [0.1, 0.15) is 24.4 Å². The highest BCUT2D eigenvalue weighted by Gasteiger charge is 2.57. The van der Waals surface area contributed by atoms with Crippen molar-refractivity contribution in [2.45, 2.75) is 95.9 Å². The van der Waals surface area contributed by atoms with E-state index in [-0.39, 0.29) is 17.7 Å². The van der Waals surface area contributed by atoms with E-state index in [4.69, 9.17) is 23.4 Å². The minimum absolute atomic E-state index is 0.0687. The van der Waals surface area contributed by atoms with E-state index in [1.807, 2.05) is 44.2 Å². The number of ether oxygens (including phenoxy) is 4. The van der Waals surface area contributed by atoms with Crippen LogP contribution in [0, 0.1) is 0 Å². The van der Waals surface area contributed by atoms with Crippen molar-refractivity contribution in [1.29, 1.82) is 0 Å². The Morgan fingerprint density at radius 1 is 1.14 bits per heavy atom. The zero-order valence-corrected chi connectivity index (χ0v) is 19.7. The van der Waals surface area contributed by atoms with Crippen molar-refractivity contribution in [3.63, 3.8) is 0 Å². The fraction of sp³-hybridized carbons (Fsp3) is 0.727. The lowest BCUT2D eigenvalue weighted by Crippen LogP contribution is -2.48. The monoisotopic (exact) mass is 424 g/mol. The fourth-order valence-electron chi connectivity index (χ4n) is 3.38. The quantitative estimate of drug-likeness (QED) is 0.671. The molecule has 5 atom stereocenters. The predicted molar refractivity (Wildman–Crippen MR) is 113 cm³/mol. The lowest BCUT2D eigenvalue weighted by atomic mass is 10.1. The molecule has 164 valence electrons. The van der Waals surface area contributed by atoms with E-state index in [1.54, 1.807) is 0 Å². The van der Waals surface area contributed by atoms with Crippen molar-refractivity contribution < 1.29 is 28.5 Å². The Labute approximate surface area is 175 Å². The summed E-state index contributed by atoms with van der Waals surface area (Å²) < 4.78 is 30.4. The number of hydrogen-bond acceptors (Lipinski definition) is 6. The number of aliphatic hydroxyl groups is 1. The molecular weight excluding hydrogens is 388 g/mol. The van der Waals surface area contributed by atoms with Gasteiger partial charge in [-0.25, -0.2) is 0 Å². The minimum atomic E-state index is -1.98. The summed E-state index contributed by atoms with van der Waals surface area (Å²) in [7, 11) is -1.98. The van der Waals surface area contributed by atoms with Crippen LogP contribution in [0.3, 0.4) is 0 Å². The van der Waals surface area contributed by atoms with E-state index in [9.17, 15) is 5.11 Å². The zero-order valence-electron chi connectivity index (χ0n) is 18.7. The third-order valence-corrected chi connectivity index (χ3v) is 10.6. The Kier molecular flexibility index (Phi) is 6.61. The highest BCUT2D eigenvalue weighted by molar-refractivity contribution is 6.74. The molecule has 0 aliphatic carbocycles. The summed E-state index contributed by atoms with van der Waals surface area (Å²) in [6.45, 7) is 15.2. The molecule has 0 bridgehead atoms. The Hall–Kier alpha value is -0.803. The van der Waals surface area contributed by atoms with E-state index < -0.39 is 38.7 Å². The first-order chi connectivity index (χ1) is 13.4. The molecule has 0 spiro atoms. The average molecular weight is 425 g/mol. The molecule has 0 amide bonds. The number of hydrogen-bond donors (Lipinski definition) is 1. The third kappa shape index (κ3) is 5.28. The van der Waals surface area contributed by atoms with Crippen molar-refractivity contribution in [2.24, 2.45) is 0 Å². The first kappa shape index (κ1) is 22.9. The zero-order chi connectivity index (χ0) is 21.4. The van der Waals surface area contributed by atoms with Crippen LogP contribution in [0.25, 0.3) is 0 Å². The molecule has 2 aliphatic rings. The van der Waals surface area contributed by atoms with Gasteiger partial charge >= 0.3 is 0 Å². The van der Waals surface area contributed by atoms with Crippen LogP contribution in [0.1, 0.15) is 40.2 Å². The van der Waals surface area contributed by atoms with Crippen LogP contribution in [-0.2, 0) is 30.0 Å². The number of benzene rings is 1. The van der Waals surface area contributed by atoms with E-state index >= 15 is 0 Å². The molecule has 0 aromatic heterocycles. The Bertz CT molecular complexity index is 672. The average Bonchev–Trinajstić information content (AvgIpc) is 3.09. The summed E-state index contributed by atoms with van der Waals surface area (Å²) in [6, 6.07) is 9.94. The molecular formula is C22H36O6Si. The Morgan fingerprint density at radius 3 is 2.41 bits per heavy atom. The molecule has 2 aliphatic heterocycles. The highest BCUT2D eigenvalue weighted by Crippen LogP contribution is 2.41. The molecule has 0 radical (unpaired) electrons. The maximum absolute atomic E-state index is 10.9. The van der Waals surface area contributed by atoms with Crippen molar-refractivity contribution >= 4 is 8.32 Å². The molecule has 3 rings (SSSR count). The van der Waals surface area contributed by atoms with Crippen LogP contribution in [0.5, 0.6) is 0 Å². The molecule has 0 saturated carbocycles. The normalized spacial score (nSPS) is 30.3. The fourth-order valence-corrected chi connectivity index (χ4v) is 4.40. The second kappa shape index (κ2) is 8.38. The van der Waals surface area contributed by atoms with Crippen molar-refractivity contribution in [2.75, 3.05) is 6.61 Å². The highest BCUT2D eigenvalue weighted by atomic mass is 28.4. The van der Waals surface area contributed by atoms with Crippen LogP contribution < -0.4 is 0 Å². The first-order valence-electron chi connectivity index (χ1n) is 10.4. The molecule has 1 aromatic carbocycles. The lowest BCUT2D eigenvalue weighted by molar-refractivity contribution is -0.231. The summed E-state index contributed by atoms with van der Waals surface area (Å²) in [5, 5.41) is 11.0. The topological polar surface area (TPSA) is 66.4 Å². The number of aliphatic hydroxyl groups excluding tert-OH is 1. The van der Waals surface area contributed by atoms with Gasteiger partial charge in [-0.2, -0.15) is 0 Å². The smallest absolute Gasteiger partial charge is 0.192 e. The van der Waals surface area contributed by atoms with Crippen LogP contribution in [0.2, 0.25) is 18.1 Å². The second-order valence-electron chi connectivity index (χ2n) is 9.97. The molecule has 2 fully saturated rings. The van der Waals surface area contributed by atoms with Gasteiger partial charge in [0.25, 0.3) is 0 Å². The van der Waals surface area contributed by atoms with Gasteiger partial charge < -0.3 is 28.5 Å². The summed E-state index contributed by atoms with van der Waals surface area (Å²) in [6.07, 6.45) is -2.79. The minimum Gasteiger partial charge on any atom is -0.414 e. The molecule has 7 heteroatoms. The van der Waals surface area contributed by atoms with Crippen molar-refractivity contribution in [3.05, 3.63) is 35.9 Å². The summed E-state index contributed by atoms with van der Waals surface area (Å²) in [4.78, 5) is 0. The van der Waals surface area contributed by atoms with Gasteiger partial charge in [0.15, 0.2) is 20.4 Å². The summed E-state index contributed by atoms with van der Waals surface area (Å²) in [5.74, 6) is -0.739. The van der Waals surface area contributed by atoms with Gasteiger partial charge in [-0.3, -0.25) is 0 Å². The molecule has 5 unspecified atom stereocenters. The second-order valence-corrected chi connectivity index (χ2v) is 14.8. The molecule has 1 N–H and O–H groups in total. The molecule has 6 nitrogen and oxygen atoms in total. The summed E-state index contributed by atoms with van der Waals surface area (Å²) >= 11 is 0. The van der Waals surface area contributed by atoms with E-state index in [2.05, 4.69) is 33.9 Å². The van der Waals surface area contributed by atoms with Crippen LogP contribution in [-0.4, -0.2) is 56.5 Å². The first-order valence-corrected chi connectivity index (χ1v) is 13.3. The molecule has 2 heterocycles. The van der Waals surface area contributed by atoms with E-state index in [0.717, 1.165) is 5.56 Å². The van der Waals surface area contributed by atoms with Gasteiger partial charge in [0, 0.05) is 0 Å². The van der Waals surface area contributed by atoms with E-state index in [0.29, 0.717) is 6.61 Å². The molecule has 2 saturated heterocycles. The van der Waals surface area contributed by atoms with Crippen LogP contribution in [0.15, 0.2) is 30.3 Å². The van der Waals surface area contributed by atoms with Gasteiger partial charge in [-0.15, -0.1) is 0 Å². The SMILES string of the molecule is CC1(C)OC2OC(C(O)CO[Si](C)(C)C(C)(C)C)C(OCc3ccccc3)C2O1. The van der Waals surface area contributed by atoms with Gasteiger partial charge in [-0.05, 0) is 37.5 Å². The van der Waals surface area contributed by atoms with E-state index in [1.165, 1.54) is 0 Å². The van der Waals surface area contributed by atoms with Crippen LogP contribution in [0.4, 0.5) is 0 Å². The summed E-state index contributed by atoms with van der Waals surface area (Å²) in [5.41, 5.74) is 1.06. The van der Waals surface area contributed by atoms with Crippen LogP contribution >= 0.6 is 0 Å². The molecule has 1 aromatic rings. The van der Waals surface area contributed by atoms with Gasteiger partial charge in [0.2, 0.25) is 0 Å². The molecule has 29 heavy (non-hydrogen) atoms. The Morgan fingerprint density at radius 2 is 1.79 bits per heavy atom. The predicted octanol–water partition coefficient (Wildman–Crippen LogP) is 3.83. The maximum Gasteiger partial charge on any atom is 0.192 e. The maximum atomic E-state index is 10.9. The standard InChI is InChI=1S/C22H36O6Si/c1-21(2,3)29(6,7)25-14-16(23)17-18(24-13-15-11-9-8-10-12-15)19-20(26-17)28-22(4,5)27-19/h8-12,16-20,23H,13-14H2,1-7H3. The van der Waals surface area contributed by atoms with Gasteiger partial charge in [-0.1, -0.05) is 51.1 Å². The Balaban J connectivity index is 1.68. The third-order valence-electron chi connectivity index (χ3n) is 6.11.